The highest BCUT2D eigenvalue weighted by Crippen LogP contribution is 2.43. The van der Waals surface area contributed by atoms with Crippen LogP contribution in [0.3, 0.4) is 0 Å². The molecule has 94 valence electrons. The average molecular weight is 236 g/mol. The molecule has 2 heterocycles. The summed E-state index contributed by atoms with van der Waals surface area (Å²) in [6.07, 6.45) is 5.82. The molecule has 0 N–H and O–H groups in total. The van der Waals surface area contributed by atoms with Gasteiger partial charge in [-0.3, -0.25) is 4.90 Å². The molecule has 1 spiro atoms. The zero-order chi connectivity index (χ0) is 11.7. The number of ether oxygens (including phenoxy) is 2. The van der Waals surface area contributed by atoms with Crippen molar-refractivity contribution in [1.82, 2.24) is 4.90 Å². The monoisotopic (exact) mass is 236 g/mol. The largest absolute Gasteiger partial charge is 0.375 e. The van der Waals surface area contributed by atoms with E-state index in [9.17, 15) is 0 Å². The SMILES string of the molecule is N#CC1CN(C2CCOC3(CCC3)C2)CCO1. The minimum Gasteiger partial charge on any atom is -0.375 e. The maximum atomic E-state index is 8.94. The van der Waals surface area contributed by atoms with Gasteiger partial charge in [-0.15, -0.1) is 0 Å². The molecule has 0 aromatic carbocycles. The summed E-state index contributed by atoms with van der Waals surface area (Å²) in [5.41, 5.74) is 0.198. The lowest BCUT2D eigenvalue weighted by Gasteiger charge is -2.50. The Morgan fingerprint density at radius 2 is 2.18 bits per heavy atom. The molecular formula is C13H20N2O2. The minimum absolute atomic E-state index is 0.198. The predicted octanol–water partition coefficient (Wildman–Crippen LogP) is 1.31. The Hall–Kier alpha value is -0.630. The van der Waals surface area contributed by atoms with Gasteiger partial charge in [0.25, 0.3) is 0 Å². The summed E-state index contributed by atoms with van der Waals surface area (Å²) in [5, 5.41) is 8.94. The van der Waals surface area contributed by atoms with Crippen LogP contribution in [0.4, 0.5) is 0 Å². The lowest BCUT2D eigenvalue weighted by atomic mass is 9.73. The molecule has 0 amide bonds. The molecule has 0 radical (unpaired) electrons. The number of nitrogens with zero attached hydrogens (tertiary/aromatic N) is 2. The van der Waals surface area contributed by atoms with E-state index in [0.29, 0.717) is 12.6 Å². The quantitative estimate of drug-likeness (QED) is 0.688. The Kier molecular flexibility index (Phi) is 3.08. The molecule has 0 aromatic heterocycles. The van der Waals surface area contributed by atoms with Crippen molar-refractivity contribution in [2.75, 3.05) is 26.3 Å². The van der Waals surface area contributed by atoms with Crippen molar-refractivity contribution in [3.63, 3.8) is 0 Å². The van der Waals surface area contributed by atoms with Gasteiger partial charge in [-0.25, -0.2) is 0 Å². The van der Waals surface area contributed by atoms with Crippen molar-refractivity contribution in [2.24, 2.45) is 0 Å². The molecular weight excluding hydrogens is 216 g/mol. The van der Waals surface area contributed by atoms with Gasteiger partial charge in [-0.05, 0) is 32.1 Å². The molecule has 2 saturated heterocycles. The molecule has 3 fully saturated rings. The Bertz CT molecular complexity index is 322. The van der Waals surface area contributed by atoms with Gasteiger partial charge in [0.2, 0.25) is 0 Å². The van der Waals surface area contributed by atoms with Crippen LogP contribution in [0.5, 0.6) is 0 Å². The van der Waals surface area contributed by atoms with Gasteiger partial charge in [0, 0.05) is 25.7 Å². The summed E-state index contributed by atoms with van der Waals surface area (Å²) in [4.78, 5) is 2.44. The first kappa shape index (κ1) is 11.5. The molecule has 2 atom stereocenters. The molecule has 2 aliphatic heterocycles. The van der Waals surface area contributed by atoms with E-state index in [0.717, 1.165) is 32.5 Å². The second kappa shape index (κ2) is 4.56. The Labute approximate surface area is 102 Å². The fraction of sp³-hybridized carbons (Fsp3) is 0.923. The number of nitriles is 1. The zero-order valence-electron chi connectivity index (χ0n) is 10.2. The zero-order valence-corrected chi connectivity index (χ0v) is 10.2. The van der Waals surface area contributed by atoms with Gasteiger partial charge >= 0.3 is 0 Å². The first-order valence-electron chi connectivity index (χ1n) is 6.71. The normalized spacial score (nSPS) is 37.4. The lowest BCUT2D eigenvalue weighted by Crippen LogP contribution is -2.55. The summed E-state index contributed by atoms with van der Waals surface area (Å²) in [5.74, 6) is 0. The summed E-state index contributed by atoms with van der Waals surface area (Å²) >= 11 is 0. The highest BCUT2D eigenvalue weighted by molar-refractivity contribution is 4.98. The second-order valence-electron chi connectivity index (χ2n) is 5.52. The van der Waals surface area contributed by atoms with Crippen molar-refractivity contribution >= 4 is 0 Å². The molecule has 0 bridgehead atoms. The van der Waals surface area contributed by atoms with Gasteiger partial charge in [-0.1, -0.05) is 0 Å². The van der Waals surface area contributed by atoms with E-state index >= 15 is 0 Å². The highest BCUT2D eigenvalue weighted by atomic mass is 16.5. The highest BCUT2D eigenvalue weighted by Gasteiger charge is 2.44. The van der Waals surface area contributed by atoms with Crippen LogP contribution in [-0.4, -0.2) is 49.0 Å². The fourth-order valence-corrected chi connectivity index (χ4v) is 3.31. The molecule has 4 nitrogen and oxygen atoms in total. The summed E-state index contributed by atoms with van der Waals surface area (Å²) in [7, 11) is 0. The van der Waals surface area contributed by atoms with Crippen LogP contribution in [0.15, 0.2) is 0 Å². The van der Waals surface area contributed by atoms with Crippen LogP contribution in [-0.2, 0) is 9.47 Å². The maximum absolute atomic E-state index is 8.94. The van der Waals surface area contributed by atoms with Gasteiger partial charge in [-0.2, -0.15) is 5.26 Å². The lowest BCUT2D eigenvalue weighted by molar-refractivity contribution is -0.156. The van der Waals surface area contributed by atoms with Crippen LogP contribution in [0, 0.1) is 11.3 Å². The number of hydrogen-bond acceptors (Lipinski definition) is 4. The van der Waals surface area contributed by atoms with E-state index in [-0.39, 0.29) is 11.7 Å². The fourth-order valence-electron chi connectivity index (χ4n) is 3.31. The summed E-state index contributed by atoms with van der Waals surface area (Å²) < 4.78 is 11.4. The number of rotatable bonds is 1. The van der Waals surface area contributed by atoms with Gasteiger partial charge < -0.3 is 9.47 Å². The topological polar surface area (TPSA) is 45.5 Å². The Morgan fingerprint density at radius 1 is 1.29 bits per heavy atom. The molecule has 4 heteroatoms. The third kappa shape index (κ3) is 2.20. The van der Waals surface area contributed by atoms with E-state index < -0.39 is 0 Å². The van der Waals surface area contributed by atoms with Gasteiger partial charge in [0.15, 0.2) is 6.10 Å². The van der Waals surface area contributed by atoms with E-state index in [2.05, 4.69) is 11.0 Å². The summed E-state index contributed by atoms with van der Waals surface area (Å²) in [6, 6.07) is 2.83. The standard InChI is InChI=1S/C13H20N2O2/c14-9-12-10-15(5-7-16-12)11-2-6-17-13(8-11)3-1-4-13/h11-12H,1-8,10H2. The third-order valence-electron chi connectivity index (χ3n) is 4.49. The van der Waals surface area contributed by atoms with Crippen molar-refractivity contribution in [3.05, 3.63) is 0 Å². The molecule has 17 heavy (non-hydrogen) atoms. The predicted molar refractivity (Wildman–Crippen MR) is 62.5 cm³/mol. The molecule has 0 aromatic rings. The number of hydrogen-bond donors (Lipinski definition) is 0. The second-order valence-corrected chi connectivity index (χ2v) is 5.52. The van der Waals surface area contributed by atoms with E-state index in [1.165, 1.54) is 19.3 Å². The van der Waals surface area contributed by atoms with E-state index in [1.807, 2.05) is 0 Å². The van der Waals surface area contributed by atoms with Crippen molar-refractivity contribution in [3.8, 4) is 6.07 Å². The summed E-state index contributed by atoms with van der Waals surface area (Å²) in [6.45, 7) is 3.33. The molecule has 1 aliphatic carbocycles. The van der Waals surface area contributed by atoms with Gasteiger partial charge in [0.1, 0.15) is 0 Å². The van der Waals surface area contributed by atoms with Gasteiger partial charge in [0.05, 0.1) is 18.3 Å². The van der Waals surface area contributed by atoms with E-state index in [1.54, 1.807) is 0 Å². The van der Waals surface area contributed by atoms with Crippen LogP contribution < -0.4 is 0 Å². The van der Waals surface area contributed by atoms with Crippen molar-refractivity contribution in [1.29, 1.82) is 5.26 Å². The maximum Gasteiger partial charge on any atom is 0.156 e. The van der Waals surface area contributed by atoms with Crippen molar-refractivity contribution < 1.29 is 9.47 Å². The first-order chi connectivity index (χ1) is 8.31. The Balaban J connectivity index is 1.61. The smallest absolute Gasteiger partial charge is 0.156 e. The van der Waals surface area contributed by atoms with E-state index in [4.69, 9.17) is 14.7 Å². The number of morpholine rings is 1. The van der Waals surface area contributed by atoms with Crippen LogP contribution in [0.25, 0.3) is 0 Å². The minimum atomic E-state index is -0.232. The van der Waals surface area contributed by atoms with Crippen molar-refractivity contribution in [2.45, 2.75) is 49.9 Å². The molecule has 3 rings (SSSR count). The van der Waals surface area contributed by atoms with Crippen LogP contribution in [0.2, 0.25) is 0 Å². The average Bonchev–Trinajstić information content (AvgIpc) is 2.37. The Morgan fingerprint density at radius 3 is 2.88 bits per heavy atom. The third-order valence-corrected chi connectivity index (χ3v) is 4.49. The first-order valence-corrected chi connectivity index (χ1v) is 6.71. The molecule has 2 unspecified atom stereocenters. The molecule has 3 aliphatic rings. The van der Waals surface area contributed by atoms with Crippen LogP contribution in [0.1, 0.15) is 32.1 Å². The van der Waals surface area contributed by atoms with Crippen LogP contribution >= 0.6 is 0 Å². The molecule has 1 saturated carbocycles.